The summed E-state index contributed by atoms with van der Waals surface area (Å²) >= 11 is 0. The highest BCUT2D eigenvalue weighted by atomic mass is 16.5. The van der Waals surface area contributed by atoms with Gasteiger partial charge in [0.1, 0.15) is 17.6 Å². The molecule has 1 unspecified atom stereocenters. The molecule has 1 aliphatic heterocycles. The molecule has 1 aliphatic rings. The number of methoxy groups -OCH3 is 1. The largest absolute Gasteiger partial charge is 0.508 e. The van der Waals surface area contributed by atoms with E-state index < -0.39 is 0 Å². The Kier molecular flexibility index (Phi) is 6.03. The van der Waals surface area contributed by atoms with Crippen LogP contribution in [0.4, 0.5) is 0 Å². The highest BCUT2D eigenvalue weighted by Gasteiger charge is 2.22. The van der Waals surface area contributed by atoms with Crippen LogP contribution in [0.2, 0.25) is 0 Å². The predicted molar refractivity (Wildman–Crippen MR) is 133 cm³/mol. The summed E-state index contributed by atoms with van der Waals surface area (Å²) in [5.41, 5.74) is 5.58. The molecule has 4 nitrogen and oxygen atoms in total. The van der Waals surface area contributed by atoms with E-state index in [4.69, 9.17) is 4.74 Å². The Labute approximate surface area is 194 Å². The molecule has 0 bridgehead atoms. The van der Waals surface area contributed by atoms with Crippen molar-refractivity contribution in [2.24, 2.45) is 0 Å². The highest BCUT2D eigenvalue weighted by molar-refractivity contribution is 5.93. The van der Waals surface area contributed by atoms with E-state index in [1.807, 2.05) is 24.3 Å². The third-order valence-electron chi connectivity index (χ3n) is 6.77. The standard InChI is InChI=1S/C29H29NO3/c1-33-29(22-4-2-19(3-5-22)20-14-16-30-17-15-20)28-26(21-6-9-24(31)10-7-21)12-8-23-18-25(32)11-13-27(23)28/h2-13,18,20,29-32H,14-17H2,1H3. The molecule has 0 spiro atoms. The molecule has 3 N–H and O–H groups in total. The molecule has 4 heteroatoms. The summed E-state index contributed by atoms with van der Waals surface area (Å²) in [5.74, 6) is 1.09. The summed E-state index contributed by atoms with van der Waals surface area (Å²) < 4.78 is 6.11. The van der Waals surface area contributed by atoms with Crippen molar-refractivity contribution in [3.63, 3.8) is 0 Å². The maximum atomic E-state index is 10.0. The second kappa shape index (κ2) is 9.26. The van der Waals surface area contributed by atoms with Gasteiger partial charge in [0.15, 0.2) is 0 Å². The Hall–Kier alpha value is -3.34. The molecule has 1 fully saturated rings. The van der Waals surface area contributed by atoms with Crippen LogP contribution in [0.1, 0.15) is 41.6 Å². The van der Waals surface area contributed by atoms with Crippen LogP contribution in [0.25, 0.3) is 21.9 Å². The average Bonchev–Trinajstić information content (AvgIpc) is 2.86. The third kappa shape index (κ3) is 4.32. The average molecular weight is 440 g/mol. The van der Waals surface area contributed by atoms with Gasteiger partial charge in [-0.25, -0.2) is 0 Å². The summed E-state index contributed by atoms with van der Waals surface area (Å²) in [6, 6.07) is 25.7. The second-order valence-corrected chi connectivity index (χ2v) is 8.79. The number of piperidine rings is 1. The second-order valence-electron chi connectivity index (χ2n) is 8.79. The van der Waals surface area contributed by atoms with Gasteiger partial charge in [0, 0.05) is 12.7 Å². The maximum Gasteiger partial charge on any atom is 0.116 e. The molecule has 0 saturated carbocycles. The molecule has 1 atom stereocenters. The Morgan fingerprint density at radius 2 is 1.52 bits per heavy atom. The van der Waals surface area contributed by atoms with Crippen LogP contribution >= 0.6 is 0 Å². The number of phenols is 2. The van der Waals surface area contributed by atoms with Gasteiger partial charge in [-0.1, -0.05) is 54.6 Å². The first kappa shape index (κ1) is 21.5. The molecule has 0 aromatic heterocycles. The van der Waals surface area contributed by atoms with E-state index >= 15 is 0 Å². The van der Waals surface area contributed by atoms with Crippen molar-refractivity contribution in [3.05, 3.63) is 95.6 Å². The molecule has 0 amide bonds. The van der Waals surface area contributed by atoms with Crippen molar-refractivity contribution in [3.8, 4) is 22.6 Å². The van der Waals surface area contributed by atoms with E-state index in [0.29, 0.717) is 5.92 Å². The lowest BCUT2D eigenvalue weighted by Crippen LogP contribution is -2.26. The Bertz CT molecular complexity index is 1240. The van der Waals surface area contributed by atoms with Gasteiger partial charge >= 0.3 is 0 Å². The minimum absolute atomic E-state index is 0.239. The first-order valence-electron chi connectivity index (χ1n) is 11.5. The number of hydrogen-bond acceptors (Lipinski definition) is 4. The fraction of sp³-hybridized carbons (Fsp3) is 0.241. The van der Waals surface area contributed by atoms with Crippen molar-refractivity contribution in [2.75, 3.05) is 20.2 Å². The van der Waals surface area contributed by atoms with Gasteiger partial charge < -0.3 is 20.3 Å². The number of benzene rings is 4. The lowest BCUT2D eigenvalue weighted by Gasteiger charge is -2.25. The first-order valence-corrected chi connectivity index (χ1v) is 11.5. The lowest BCUT2D eigenvalue weighted by molar-refractivity contribution is 0.138. The Morgan fingerprint density at radius 1 is 0.818 bits per heavy atom. The van der Waals surface area contributed by atoms with Gasteiger partial charge in [0.05, 0.1) is 0 Å². The number of ether oxygens (including phenoxy) is 1. The van der Waals surface area contributed by atoms with E-state index in [1.165, 1.54) is 18.4 Å². The SMILES string of the molecule is COC(c1ccc(C2CCNCC2)cc1)c1c(-c2ccc(O)cc2)ccc2cc(O)ccc12. The number of aromatic hydroxyl groups is 2. The number of fused-ring (bicyclic) bond motifs is 1. The lowest BCUT2D eigenvalue weighted by atomic mass is 9.86. The minimum Gasteiger partial charge on any atom is -0.508 e. The zero-order valence-corrected chi connectivity index (χ0v) is 18.8. The molecule has 1 saturated heterocycles. The van der Waals surface area contributed by atoms with Crippen LogP contribution in [-0.2, 0) is 4.74 Å². The topological polar surface area (TPSA) is 61.7 Å². The molecule has 1 heterocycles. The highest BCUT2D eigenvalue weighted by Crippen LogP contribution is 2.40. The smallest absolute Gasteiger partial charge is 0.116 e. The zero-order chi connectivity index (χ0) is 22.8. The van der Waals surface area contributed by atoms with E-state index in [1.54, 1.807) is 31.4 Å². The third-order valence-corrected chi connectivity index (χ3v) is 6.77. The van der Waals surface area contributed by atoms with Gasteiger partial charge in [-0.3, -0.25) is 0 Å². The summed E-state index contributed by atoms with van der Waals surface area (Å²) in [7, 11) is 1.74. The fourth-order valence-electron chi connectivity index (χ4n) is 5.04. The van der Waals surface area contributed by atoms with Crippen molar-refractivity contribution < 1.29 is 14.9 Å². The molecule has 4 aromatic carbocycles. The first-order chi connectivity index (χ1) is 16.1. The monoisotopic (exact) mass is 439 g/mol. The fourth-order valence-corrected chi connectivity index (χ4v) is 5.04. The van der Waals surface area contributed by atoms with Gasteiger partial charge in [0.25, 0.3) is 0 Å². The summed E-state index contributed by atoms with van der Waals surface area (Å²) in [5, 5.41) is 25.3. The molecule has 0 aliphatic carbocycles. The quantitative estimate of drug-likeness (QED) is 0.351. The summed E-state index contributed by atoms with van der Waals surface area (Å²) in [6.07, 6.45) is 2.07. The Morgan fingerprint density at radius 3 is 2.21 bits per heavy atom. The van der Waals surface area contributed by atoms with Crippen LogP contribution in [0.3, 0.4) is 0 Å². The van der Waals surface area contributed by atoms with Crippen LogP contribution in [0, 0.1) is 0 Å². The molecule has 5 rings (SSSR count). The molecular weight excluding hydrogens is 410 g/mol. The minimum atomic E-state index is -0.274. The Balaban J connectivity index is 1.62. The van der Waals surface area contributed by atoms with E-state index in [0.717, 1.165) is 46.1 Å². The summed E-state index contributed by atoms with van der Waals surface area (Å²) in [6.45, 7) is 2.15. The zero-order valence-electron chi connectivity index (χ0n) is 18.8. The van der Waals surface area contributed by atoms with Crippen molar-refractivity contribution >= 4 is 10.8 Å². The van der Waals surface area contributed by atoms with Crippen LogP contribution < -0.4 is 5.32 Å². The molecule has 33 heavy (non-hydrogen) atoms. The molecule has 0 radical (unpaired) electrons. The van der Waals surface area contributed by atoms with E-state index in [2.05, 4.69) is 35.6 Å². The van der Waals surface area contributed by atoms with Crippen molar-refractivity contribution in [2.45, 2.75) is 24.9 Å². The maximum absolute atomic E-state index is 10.0. The normalized spacial score (nSPS) is 15.5. The van der Waals surface area contributed by atoms with Crippen LogP contribution in [0.5, 0.6) is 11.5 Å². The van der Waals surface area contributed by atoms with Crippen molar-refractivity contribution in [1.82, 2.24) is 5.32 Å². The number of hydrogen-bond donors (Lipinski definition) is 3. The van der Waals surface area contributed by atoms with Gasteiger partial charge in [-0.05, 0) is 89.1 Å². The number of phenolic OH excluding ortho intramolecular Hbond substituents is 2. The molecule has 168 valence electrons. The molecule has 4 aromatic rings. The summed E-state index contributed by atoms with van der Waals surface area (Å²) in [4.78, 5) is 0. The van der Waals surface area contributed by atoms with Gasteiger partial charge in [0.2, 0.25) is 0 Å². The van der Waals surface area contributed by atoms with Crippen LogP contribution in [0.15, 0.2) is 78.9 Å². The predicted octanol–water partition coefficient (Wildman–Crippen LogP) is 6.12. The van der Waals surface area contributed by atoms with E-state index in [-0.39, 0.29) is 17.6 Å². The van der Waals surface area contributed by atoms with E-state index in [9.17, 15) is 10.2 Å². The number of nitrogens with one attached hydrogen (secondary N) is 1. The van der Waals surface area contributed by atoms with Crippen LogP contribution in [-0.4, -0.2) is 30.4 Å². The van der Waals surface area contributed by atoms with Gasteiger partial charge in [-0.2, -0.15) is 0 Å². The molecular formula is C29H29NO3. The number of rotatable bonds is 5. The van der Waals surface area contributed by atoms with Gasteiger partial charge in [-0.15, -0.1) is 0 Å². The van der Waals surface area contributed by atoms with Crippen molar-refractivity contribution in [1.29, 1.82) is 0 Å².